The van der Waals surface area contributed by atoms with E-state index in [1.165, 1.54) is 6.08 Å². The minimum atomic E-state index is -0.833. The molecule has 0 aromatic heterocycles. The van der Waals surface area contributed by atoms with Crippen LogP contribution in [0.5, 0.6) is 0 Å². The van der Waals surface area contributed by atoms with Crippen molar-refractivity contribution < 1.29 is 8.78 Å². The van der Waals surface area contributed by atoms with E-state index >= 15 is 0 Å². The largest absolute Gasteiger partial charge is 0.204 e. The molecule has 3 heteroatoms. The molecular formula is C14H23F2P. The van der Waals surface area contributed by atoms with E-state index in [1.807, 2.05) is 13.0 Å². The normalized spacial score (nSPS) is 15.4. The smallest absolute Gasteiger partial charge is 0.159 e. The van der Waals surface area contributed by atoms with Crippen molar-refractivity contribution in [2.45, 2.75) is 47.0 Å². The van der Waals surface area contributed by atoms with E-state index < -0.39 is 11.7 Å². The molecule has 98 valence electrons. The fourth-order valence-corrected chi connectivity index (χ4v) is 1.88. The van der Waals surface area contributed by atoms with Crippen molar-refractivity contribution in [2.75, 3.05) is 0 Å². The van der Waals surface area contributed by atoms with Crippen molar-refractivity contribution in [1.29, 1.82) is 0 Å². The molecule has 0 aliphatic carbocycles. The standard InChI is InChI=1S/C14H23F2P/c1-5-7-8-14(3,4)11(6-2)9-12(15)13(16)10-17/h6,9-10H,5,7-8,17H2,1-4H3/b11-6+,12-9+,13-10-. The van der Waals surface area contributed by atoms with E-state index in [1.54, 1.807) is 0 Å². The summed E-state index contributed by atoms with van der Waals surface area (Å²) < 4.78 is 26.5. The van der Waals surface area contributed by atoms with Gasteiger partial charge in [0.15, 0.2) is 11.7 Å². The molecule has 0 fully saturated rings. The second-order valence-corrected chi connectivity index (χ2v) is 5.07. The molecule has 0 aromatic rings. The van der Waals surface area contributed by atoms with Gasteiger partial charge in [-0.15, -0.1) is 9.24 Å². The Morgan fingerprint density at radius 1 is 1.24 bits per heavy atom. The first-order chi connectivity index (χ1) is 7.88. The van der Waals surface area contributed by atoms with Crippen molar-refractivity contribution in [3.8, 4) is 0 Å². The minimum Gasteiger partial charge on any atom is -0.204 e. The van der Waals surface area contributed by atoms with Gasteiger partial charge in [-0.1, -0.05) is 39.7 Å². The molecule has 0 radical (unpaired) electrons. The summed E-state index contributed by atoms with van der Waals surface area (Å²) >= 11 is 0. The number of allylic oxidation sites excluding steroid dienone is 5. The van der Waals surface area contributed by atoms with Crippen molar-refractivity contribution in [3.05, 3.63) is 35.2 Å². The van der Waals surface area contributed by atoms with E-state index in [4.69, 9.17) is 0 Å². The Morgan fingerprint density at radius 2 is 1.82 bits per heavy atom. The van der Waals surface area contributed by atoms with E-state index in [9.17, 15) is 8.78 Å². The molecule has 0 rings (SSSR count). The fraction of sp³-hybridized carbons (Fsp3) is 0.571. The molecule has 0 N–H and O–H groups in total. The number of rotatable bonds is 6. The van der Waals surface area contributed by atoms with Gasteiger partial charge >= 0.3 is 0 Å². The molecule has 0 saturated carbocycles. The van der Waals surface area contributed by atoms with Gasteiger partial charge in [-0.2, -0.15) is 0 Å². The van der Waals surface area contributed by atoms with Crippen LogP contribution in [0.15, 0.2) is 35.2 Å². The summed E-state index contributed by atoms with van der Waals surface area (Å²) in [6.07, 6.45) is 6.31. The van der Waals surface area contributed by atoms with Crippen LogP contribution in [-0.2, 0) is 0 Å². The molecule has 0 nitrogen and oxygen atoms in total. The Morgan fingerprint density at radius 3 is 2.24 bits per heavy atom. The van der Waals surface area contributed by atoms with E-state index in [2.05, 4.69) is 30.0 Å². The summed E-state index contributed by atoms with van der Waals surface area (Å²) in [6, 6.07) is 0. The van der Waals surface area contributed by atoms with Crippen LogP contribution in [0.3, 0.4) is 0 Å². The third-order valence-electron chi connectivity index (χ3n) is 2.90. The first kappa shape index (κ1) is 16.5. The maximum Gasteiger partial charge on any atom is 0.159 e. The molecule has 0 aromatic carbocycles. The second kappa shape index (κ2) is 7.76. The molecule has 0 spiro atoms. The van der Waals surface area contributed by atoms with E-state index in [0.29, 0.717) is 0 Å². The average Bonchev–Trinajstić information content (AvgIpc) is 2.31. The second-order valence-electron chi connectivity index (χ2n) is 4.74. The van der Waals surface area contributed by atoms with Gasteiger partial charge in [0.2, 0.25) is 0 Å². The predicted molar refractivity (Wildman–Crippen MR) is 75.2 cm³/mol. The Labute approximate surface area is 106 Å². The van der Waals surface area contributed by atoms with Crippen LogP contribution in [0.25, 0.3) is 0 Å². The highest BCUT2D eigenvalue weighted by Crippen LogP contribution is 2.34. The molecular weight excluding hydrogens is 237 g/mol. The van der Waals surface area contributed by atoms with Gasteiger partial charge in [-0.05, 0) is 36.2 Å². The van der Waals surface area contributed by atoms with Gasteiger partial charge in [0, 0.05) is 0 Å². The molecule has 0 aliphatic rings. The van der Waals surface area contributed by atoms with Crippen molar-refractivity contribution in [3.63, 3.8) is 0 Å². The number of unbranched alkanes of at least 4 members (excludes halogenated alkanes) is 1. The number of hydrogen-bond donors (Lipinski definition) is 0. The van der Waals surface area contributed by atoms with Crippen molar-refractivity contribution >= 4 is 9.24 Å². The third-order valence-corrected chi connectivity index (χ3v) is 3.20. The molecule has 0 amide bonds. The highest BCUT2D eigenvalue weighted by Gasteiger charge is 2.21. The zero-order valence-electron chi connectivity index (χ0n) is 11.2. The summed E-state index contributed by atoms with van der Waals surface area (Å²) in [5, 5.41) is 0. The Kier molecular flexibility index (Phi) is 7.54. The van der Waals surface area contributed by atoms with Crippen LogP contribution in [0.4, 0.5) is 8.78 Å². The lowest BCUT2D eigenvalue weighted by molar-refractivity contribution is 0.397. The van der Waals surface area contributed by atoms with Crippen molar-refractivity contribution in [2.24, 2.45) is 5.41 Å². The van der Waals surface area contributed by atoms with Crippen LogP contribution in [-0.4, -0.2) is 0 Å². The first-order valence-electron chi connectivity index (χ1n) is 6.00. The van der Waals surface area contributed by atoms with Crippen molar-refractivity contribution in [1.82, 2.24) is 0 Å². The topological polar surface area (TPSA) is 0 Å². The molecule has 0 bridgehead atoms. The molecule has 1 atom stereocenters. The molecule has 0 heterocycles. The fourth-order valence-electron chi connectivity index (χ4n) is 1.72. The zero-order chi connectivity index (χ0) is 13.5. The predicted octanol–water partition coefficient (Wildman–Crippen LogP) is 5.69. The van der Waals surface area contributed by atoms with Crippen LogP contribution < -0.4 is 0 Å². The van der Waals surface area contributed by atoms with Gasteiger partial charge in [-0.25, -0.2) is 8.78 Å². The monoisotopic (exact) mass is 260 g/mol. The van der Waals surface area contributed by atoms with Gasteiger partial charge in [0.25, 0.3) is 0 Å². The lowest BCUT2D eigenvalue weighted by Gasteiger charge is -2.26. The van der Waals surface area contributed by atoms with Crippen LogP contribution >= 0.6 is 9.24 Å². The van der Waals surface area contributed by atoms with Gasteiger partial charge < -0.3 is 0 Å². The zero-order valence-corrected chi connectivity index (χ0v) is 12.3. The SMILES string of the molecule is C\C=C(/C=C(F)\C(F)=C\P)C(C)(C)CCCC. The Balaban J connectivity index is 4.98. The summed E-state index contributed by atoms with van der Waals surface area (Å²) in [5.41, 5.74) is 0.717. The Bertz CT molecular complexity index is 325. The number of halogens is 2. The van der Waals surface area contributed by atoms with Gasteiger partial charge in [-0.3, -0.25) is 0 Å². The van der Waals surface area contributed by atoms with Gasteiger partial charge in [0.1, 0.15) is 0 Å². The summed E-state index contributed by atoms with van der Waals surface area (Å²) in [4.78, 5) is 0. The summed E-state index contributed by atoms with van der Waals surface area (Å²) in [6.45, 7) is 8.10. The quantitative estimate of drug-likeness (QED) is 0.425. The maximum absolute atomic E-state index is 13.5. The lowest BCUT2D eigenvalue weighted by atomic mass is 9.79. The van der Waals surface area contributed by atoms with Crippen LogP contribution in [0.1, 0.15) is 47.0 Å². The van der Waals surface area contributed by atoms with E-state index in [0.717, 1.165) is 30.7 Å². The summed E-state index contributed by atoms with van der Waals surface area (Å²) in [7, 11) is 2.06. The molecule has 1 unspecified atom stereocenters. The average molecular weight is 260 g/mol. The summed E-state index contributed by atoms with van der Waals surface area (Å²) in [5.74, 6) is -0.587. The molecule has 0 aliphatic heterocycles. The first-order valence-corrected chi connectivity index (χ1v) is 6.67. The maximum atomic E-state index is 13.5. The molecule has 0 saturated heterocycles. The van der Waals surface area contributed by atoms with Gasteiger partial charge in [0.05, 0.1) is 0 Å². The van der Waals surface area contributed by atoms with Crippen LogP contribution in [0, 0.1) is 5.41 Å². The lowest BCUT2D eigenvalue weighted by Crippen LogP contribution is -2.13. The highest BCUT2D eigenvalue weighted by atomic mass is 31.0. The van der Waals surface area contributed by atoms with E-state index in [-0.39, 0.29) is 5.41 Å². The number of hydrogen-bond acceptors (Lipinski definition) is 0. The van der Waals surface area contributed by atoms with Crippen LogP contribution in [0.2, 0.25) is 0 Å². The minimum absolute atomic E-state index is 0.122. The molecule has 17 heavy (non-hydrogen) atoms. The highest BCUT2D eigenvalue weighted by molar-refractivity contribution is 7.20. The Hall–Kier alpha value is -0.490. The third kappa shape index (κ3) is 5.59.